The van der Waals surface area contributed by atoms with Gasteiger partial charge in [0.1, 0.15) is 0 Å². The van der Waals surface area contributed by atoms with Crippen LogP contribution >= 0.6 is 12.4 Å². The second-order valence-corrected chi connectivity index (χ2v) is 4.71. The van der Waals surface area contributed by atoms with Crippen LogP contribution in [0.3, 0.4) is 0 Å². The Morgan fingerprint density at radius 2 is 1.88 bits per heavy atom. The third kappa shape index (κ3) is 3.83. The lowest BCUT2D eigenvalue weighted by molar-refractivity contribution is 0.170. The van der Waals surface area contributed by atoms with Gasteiger partial charge < -0.3 is 15.5 Å². The Kier molecular flexibility index (Phi) is 5.35. The van der Waals surface area contributed by atoms with Crippen LogP contribution in [-0.2, 0) is 0 Å². The lowest BCUT2D eigenvalue weighted by atomic mass is 9.97. The van der Waals surface area contributed by atoms with Crippen molar-refractivity contribution in [1.82, 2.24) is 15.5 Å². The summed E-state index contributed by atoms with van der Waals surface area (Å²) in [5.74, 6) is 0.750. The summed E-state index contributed by atoms with van der Waals surface area (Å²) in [4.78, 5) is 13.7. The number of likely N-dealkylation sites (tertiary alicyclic amines) is 1. The number of nitrogens with one attached hydrogen (secondary N) is 2. The van der Waals surface area contributed by atoms with E-state index in [9.17, 15) is 4.79 Å². The van der Waals surface area contributed by atoms with E-state index in [0.29, 0.717) is 6.04 Å². The fraction of sp³-hybridized carbons (Fsp3) is 0.909. The summed E-state index contributed by atoms with van der Waals surface area (Å²) in [7, 11) is 1.99. The number of urea groups is 1. The molecule has 0 aromatic heterocycles. The second-order valence-electron chi connectivity index (χ2n) is 4.71. The van der Waals surface area contributed by atoms with E-state index in [1.54, 1.807) is 0 Å². The van der Waals surface area contributed by atoms with Crippen molar-refractivity contribution in [2.45, 2.75) is 31.7 Å². The molecule has 1 saturated heterocycles. The zero-order valence-corrected chi connectivity index (χ0v) is 10.7. The Balaban J connectivity index is 0.00000128. The Hall–Kier alpha value is -0.480. The first-order chi connectivity index (χ1) is 7.29. The number of carbonyl (C=O) groups is 1. The number of rotatable bonds is 3. The van der Waals surface area contributed by atoms with Gasteiger partial charge >= 0.3 is 6.03 Å². The molecule has 1 aliphatic carbocycles. The van der Waals surface area contributed by atoms with Crippen LogP contribution in [0.5, 0.6) is 0 Å². The van der Waals surface area contributed by atoms with Crippen molar-refractivity contribution < 1.29 is 4.79 Å². The van der Waals surface area contributed by atoms with Crippen molar-refractivity contribution >= 4 is 18.4 Å². The van der Waals surface area contributed by atoms with Gasteiger partial charge in [0.05, 0.1) is 0 Å². The quantitative estimate of drug-likeness (QED) is 0.788. The maximum Gasteiger partial charge on any atom is 0.317 e. The summed E-state index contributed by atoms with van der Waals surface area (Å²) >= 11 is 0. The average molecular weight is 248 g/mol. The summed E-state index contributed by atoms with van der Waals surface area (Å²) in [5, 5.41) is 6.25. The first kappa shape index (κ1) is 13.6. The molecule has 2 N–H and O–H groups in total. The van der Waals surface area contributed by atoms with Crippen molar-refractivity contribution in [2.24, 2.45) is 5.92 Å². The van der Waals surface area contributed by atoms with E-state index in [1.165, 1.54) is 12.8 Å². The van der Waals surface area contributed by atoms with E-state index < -0.39 is 0 Å². The number of halogens is 1. The third-order valence-corrected chi connectivity index (χ3v) is 3.30. The third-order valence-electron chi connectivity index (χ3n) is 3.30. The molecule has 0 unspecified atom stereocenters. The SMILES string of the molecule is CNCC1CCN(C(=O)NC2CC2)CC1.Cl. The Morgan fingerprint density at radius 3 is 2.38 bits per heavy atom. The van der Waals surface area contributed by atoms with Crippen molar-refractivity contribution in [3.05, 3.63) is 0 Å². The van der Waals surface area contributed by atoms with Crippen molar-refractivity contribution in [1.29, 1.82) is 0 Å². The Morgan fingerprint density at radius 1 is 1.25 bits per heavy atom. The fourth-order valence-corrected chi connectivity index (χ4v) is 2.12. The summed E-state index contributed by atoms with van der Waals surface area (Å²) in [5.41, 5.74) is 0. The van der Waals surface area contributed by atoms with E-state index in [4.69, 9.17) is 0 Å². The summed E-state index contributed by atoms with van der Waals surface area (Å²) in [6.45, 7) is 2.92. The average Bonchev–Trinajstić information content (AvgIpc) is 3.03. The fourth-order valence-electron chi connectivity index (χ4n) is 2.12. The van der Waals surface area contributed by atoms with Crippen molar-refractivity contribution in [3.8, 4) is 0 Å². The van der Waals surface area contributed by atoms with Gasteiger partial charge in [-0.1, -0.05) is 0 Å². The van der Waals surface area contributed by atoms with E-state index >= 15 is 0 Å². The number of carbonyl (C=O) groups excluding carboxylic acids is 1. The highest BCUT2D eigenvalue weighted by atomic mass is 35.5. The molecule has 2 rings (SSSR count). The van der Waals surface area contributed by atoms with Crippen LogP contribution in [-0.4, -0.2) is 43.7 Å². The summed E-state index contributed by atoms with van der Waals surface area (Å²) in [6.07, 6.45) is 4.61. The molecule has 94 valence electrons. The van der Waals surface area contributed by atoms with E-state index in [1.807, 2.05) is 11.9 Å². The van der Waals surface area contributed by atoms with Gasteiger partial charge in [0.15, 0.2) is 0 Å². The molecule has 0 aromatic carbocycles. The number of nitrogens with zero attached hydrogens (tertiary/aromatic N) is 1. The first-order valence-electron chi connectivity index (χ1n) is 5.99. The van der Waals surface area contributed by atoms with Gasteiger partial charge in [-0.25, -0.2) is 4.79 Å². The lowest BCUT2D eigenvalue weighted by Crippen LogP contribution is -2.46. The lowest BCUT2D eigenvalue weighted by Gasteiger charge is -2.31. The molecular weight excluding hydrogens is 226 g/mol. The summed E-state index contributed by atoms with van der Waals surface area (Å²) in [6, 6.07) is 0.632. The molecule has 1 aliphatic heterocycles. The molecular formula is C11H22ClN3O. The first-order valence-corrected chi connectivity index (χ1v) is 5.99. The molecule has 0 atom stereocenters. The molecule has 2 fully saturated rings. The Labute approximate surface area is 104 Å². The molecule has 2 amide bonds. The van der Waals surface area contributed by atoms with Gasteiger partial charge in [-0.15, -0.1) is 12.4 Å². The van der Waals surface area contributed by atoms with Gasteiger partial charge in [-0.05, 0) is 45.2 Å². The largest absolute Gasteiger partial charge is 0.335 e. The van der Waals surface area contributed by atoms with E-state index in [0.717, 1.165) is 38.4 Å². The number of piperidine rings is 1. The van der Waals surface area contributed by atoms with Crippen LogP contribution in [0.25, 0.3) is 0 Å². The predicted octanol–water partition coefficient (Wildman–Crippen LogP) is 1.21. The van der Waals surface area contributed by atoms with Gasteiger partial charge in [0.25, 0.3) is 0 Å². The van der Waals surface area contributed by atoms with Crippen molar-refractivity contribution in [3.63, 3.8) is 0 Å². The van der Waals surface area contributed by atoms with Crippen LogP contribution in [0.1, 0.15) is 25.7 Å². The van der Waals surface area contributed by atoms with Crippen LogP contribution in [0.2, 0.25) is 0 Å². The maximum absolute atomic E-state index is 11.7. The molecule has 0 spiro atoms. The van der Waals surface area contributed by atoms with Crippen LogP contribution in [0.15, 0.2) is 0 Å². The Bertz CT molecular complexity index is 225. The van der Waals surface area contributed by atoms with Gasteiger partial charge in [-0.3, -0.25) is 0 Å². The van der Waals surface area contributed by atoms with Crippen molar-refractivity contribution in [2.75, 3.05) is 26.7 Å². The minimum Gasteiger partial charge on any atom is -0.335 e. The zero-order valence-electron chi connectivity index (χ0n) is 9.87. The van der Waals surface area contributed by atoms with Crippen LogP contribution in [0, 0.1) is 5.92 Å². The smallest absolute Gasteiger partial charge is 0.317 e. The molecule has 1 saturated carbocycles. The zero-order chi connectivity index (χ0) is 10.7. The summed E-state index contributed by atoms with van der Waals surface area (Å²) < 4.78 is 0. The van der Waals surface area contributed by atoms with Gasteiger partial charge in [0.2, 0.25) is 0 Å². The minimum atomic E-state index is 0. The molecule has 16 heavy (non-hydrogen) atoms. The highest BCUT2D eigenvalue weighted by Gasteiger charge is 2.27. The molecule has 5 heteroatoms. The highest BCUT2D eigenvalue weighted by molar-refractivity contribution is 5.85. The molecule has 4 nitrogen and oxygen atoms in total. The normalized spacial score (nSPS) is 21.4. The number of hydrogen-bond acceptors (Lipinski definition) is 2. The van der Waals surface area contributed by atoms with Crippen LogP contribution < -0.4 is 10.6 Å². The molecule has 2 aliphatic rings. The number of amides is 2. The molecule has 0 bridgehead atoms. The highest BCUT2D eigenvalue weighted by Crippen LogP contribution is 2.20. The molecule has 1 heterocycles. The predicted molar refractivity (Wildman–Crippen MR) is 67.0 cm³/mol. The topological polar surface area (TPSA) is 44.4 Å². The van der Waals surface area contributed by atoms with Gasteiger partial charge in [-0.2, -0.15) is 0 Å². The van der Waals surface area contributed by atoms with Gasteiger partial charge in [0, 0.05) is 19.1 Å². The minimum absolute atomic E-state index is 0. The molecule has 0 radical (unpaired) electrons. The van der Waals surface area contributed by atoms with E-state index in [2.05, 4.69) is 10.6 Å². The maximum atomic E-state index is 11.7. The monoisotopic (exact) mass is 247 g/mol. The standard InChI is InChI=1S/C11H21N3O.ClH/c1-12-8-9-4-6-14(7-5-9)11(15)13-10-2-3-10;/h9-10,12H,2-8H2,1H3,(H,13,15);1H. The second kappa shape index (κ2) is 6.30. The van der Waals surface area contributed by atoms with Crippen LogP contribution in [0.4, 0.5) is 4.79 Å². The molecule has 0 aromatic rings. The van der Waals surface area contributed by atoms with E-state index in [-0.39, 0.29) is 18.4 Å². The number of hydrogen-bond donors (Lipinski definition) is 2.